The van der Waals surface area contributed by atoms with Crippen molar-refractivity contribution in [3.05, 3.63) is 24.3 Å². The summed E-state index contributed by atoms with van der Waals surface area (Å²) in [5.74, 6) is 0.286. The second-order valence-corrected chi connectivity index (χ2v) is 9.24. The van der Waals surface area contributed by atoms with Crippen LogP contribution in [0.15, 0.2) is 18.5 Å². The molecular formula is C21H26F3N5O2. The number of nitrogens with two attached hydrogens (primary N) is 1. The Labute approximate surface area is 178 Å². The Balaban J connectivity index is 1.42. The highest BCUT2D eigenvalue weighted by atomic mass is 19.4. The van der Waals surface area contributed by atoms with Gasteiger partial charge in [0.1, 0.15) is 5.82 Å². The number of ether oxygens (including phenoxy) is 2. The molecule has 2 bridgehead atoms. The molecule has 2 aromatic heterocycles. The Morgan fingerprint density at radius 3 is 2.45 bits per heavy atom. The minimum absolute atomic E-state index is 0.0374. The molecule has 6 rings (SSSR count). The van der Waals surface area contributed by atoms with E-state index >= 15 is 0 Å². The first kappa shape index (κ1) is 20.6. The van der Waals surface area contributed by atoms with Gasteiger partial charge in [0.2, 0.25) is 0 Å². The molecule has 2 aromatic rings. The summed E-state index contributed by atoms with van der Waals surface area (Å²) in [7, 11) is 0. The first-order chi connectivity index (χ1) is 14.6. The summed E-state index contributed by atoms with van der Waals surface area (Å²) in [5.41, 5.74) is 6.90. The standard InChI is InChI=1S/C21H26F3N5O2/c1-13(2)18-27-15(14-7-16(17(25)26-8-14)31-21(22,23)24)9-29(18)20-10-19(11-20,12-20)28-3-5-30-6-4-28/h7-9,13H,3-6,10-12H2,1-2H3,(H2,25,26). The van der Waals surface area contributed by atoms with Crippen molar-refractivity contribution in [1.29, 1.82) is 0 Å². The summed E-state index contributed by atoms with van der Waals surface area (Å²) in [6.45, 7) is 7.67. The fraction of sp³-hybridized carbons (Fsp3) is 0.619. The maximum atomic E-state index is 12.7. The van der Waals surface area contributed by atoms with Gasteiger partial charge >= 0.3 is 6.36 Å². The number of rotatable bonds is 5. The lowest BCUT2D eigenvalue weighted by molar-refractivity contribution is -0.274. The zero-order chi connectivity index (χ0) is 22.0. The van der Waals surface area contributed by atoms with Crippen molar-refractivity contribution in [1.82, 2.24) is 19.4 Å². The number of anilines is 1. The van der Waals surface area contributed by atoms with E-state index in [2.05, 4.69) is 33.0 Å². The Kier molecular flexibility index (Phi) is 4.53. The number of imidazole rings is 1. The number of alkyl halides is 3. The van der Waals surface area contributed by atoms with Crippen LogP contribution >= 0.6 is 0 Å². The molecule has 2 N–H and O–H groups in total. The van der Waals surface area contributed by atoms with Crippen LogP contribution in [0, 0.1) is 0 Å². The van der Waals surface area contributed by atoms with Gasteiger partial charge in [-0.25, -0.2) is 9.97 Å². The maximum Gasteiger partial charge on any atom is 0.573 e. The molecule has 4 aliphatic rings. The van der Waals surface area contributed by atoms with E-state index in [0.717, 1.165) is 51.4 Å². The third-order valence-electron chi connectivity index (χ3n) is 6.82. The summed E-state index contributed by atoms with van der Waals surface area (Å²) in [4.78, 5) is 11.2. The normalized spacial score (nSPS) is 28.3. The van der Waals surface area contributed by atoms with Crippen LogP contribution in [0.25, 0.3) is 11.3 Å². The van der Waals surface area contributed by atoms with Crippen LogP contribution in [0.5, 0.6) is 5.75 Å². The maximum absolute atomic E-state index is 12.7. The first-order valence-corrected chi connectivity index (χ1v) is 10.6. The van der Waals surface area contributed by atoms with Crippen LogP contribution in [-0.4, -0.2) is 57.6 Å². The van der Waals surface area contributed by atoms with Crippen molar-refractivity contribution in [3.63, 3.8) is 0 Å². The van der Waals surface area contributed by atoms with E-state index in [4.69, 9.17) is 15.5 Å². The predicted molar refractivity (Wildman–Crippen MR) is 108 cm³/mol. The largest absolute Gasteiger partial charge is 0.573 e. The summed E-state index contributed by atoms with van der Waals surface area (Å²) in [5, 5.41) is 0. The fourth-order valence-electron chi connectivity index (χ4n) is 5.43. The smallest absolute Gasteiger partial charge is 0.402 e. The molecule has 1 saturated heterocycles. The highest BCUT2D eigenvalue weighted by Crippen LogP contribution is 2.68. The number of aromatic nitrogens is 3. The van der Waals surface area contributed by atoms with Gasteiger partial charge in [0.05, 0.1) is 24.4 Å². The average molecular weight is 437 g/mol. The number of morpholine rings is 1. The van der Waals surface area contributed by atoms with Crippen LogP contribution < -0.4 is 10.5 Å². The van der Waals surface area contributed by atoms with Crippen LogP contribution in [0.2, 0.25) is 0 Å². The molecular weight excluding hydrogens is 411 g/mol. The second kappa shape index (κ2) is 6.83. The van der Waals surface area contributed by atoms with Crippen LogP contribution in [0.3, 0.4) is 0 Å². The SMILES string of the molecule is CC(C)c1nc(-c2cnc(N)c(OC(F)(F)F)c2)cn1C12CC(N3CCOCC3)(C1)C2. The Morgan fingerprint density at radius 1 is 1.16 bits per heavy atom. The predicted octanol–water partition coefficient (Wildman–Crippen LogP) is 3.51. The van der Waals surface area contributed by atoms with Crippen molar-refractivity contribution in [2.75, 3.05) is 32.0 Å². The molecule has 0 spiro atoms. The van der Waals surface area contributed by atoms with Crippen molar-refractivity contribution < 1.29 is 22.6 Å². The zero-order valence-electron chi connectivity index (χ0n) is 17.6. The summed E-state index contributed by atoms with van der Waals surface area (Å²) < 4.78 is 49.9. The summed E-state index contributed by atoms with van der Waals surface area (Å²) in [6, 6.07) is 1.25. The quantitative estimate of drug-likeness (QED) is 0.771. The number of halogens is 3. The Morgan fingerprint density at radius 2 is 1.84 bits per heavy atom. The van der Waals surface area contributed by atoms with Gasteiger partial charge in [-0.2, -0.15) is 0 Å². The van der Waals surface area contributed by atoms with Crippen molar-refractivity contribution in [2.45, 2.75) is 56.5 Å². The molecule has 0 unspecified atom stereocenters. The first-order valence-electron chi connectivity index (χ1n) is 10.6. The fourth-order valence-corrected chi connectivity index (χ4v) is 5.43. The number of nitrogens with zero attached hydrogens (tertiary/aromatic N) is 4. The molecule has 4 fully saturated rings. The summed E-state index contributed by atoms with van der Waals surface area (Å²) >= 11 is 0. The zero-order valence-corrected chi connectivity index (χ0v) is 17.6. The second-order valence-electron chi connectivity index (χ2n) is 9.24. The lowest BCUT2D eigenvalue weighted by atomic mass is 9.43. The van der Waals surface area contributed by atoms with E-state index in [1.54, 1.807) is 0 Å². The van der Waals surface area contributed by atoms with Gasteiger partial charge in [0.15, 0.2) is 11.6 Å². The van der Waals surface area contributed by atoms with Gasteiger partial charge in [-0.15, -0.1) is 13.2 Å². The van der Waals surface area contributed by atoms with Crippen LogP contribution in [-0.2, 0) is 10.3 Å². The molecule has 3 aliphatic carbocycles. The monoisotopic (exact) mass is 437 g/mol. The van der Waals surface area contributed by atoms with Crippen molar-refractivity contribution in [2.24, 2.45) is 0 Å². The highest BCUT2D eigenvalue weighted by molar-refractivity contribution is 5.64. The third kappa shape index (κ3) is 3.36. The van der Waals surface area contributed by atoms with Gasteiger partial charge < -0.3 is 19.8 Å². The molecule has 31 heavy (non-hydrogen) atoms. The molecule has 168 valence electrons. The molecule has 0 atom stereocenters. The Hall–Kier alpha value is -2.33. The highest BCUT2D eigenvalue weighted by Gasteiger charge is 2.71. The molecule has 0 radical (unpaired) electrons. The van der Waals surface area contributed by atoms with Gasteiger partial charge in [0, 0.05) is 42.5 Å². The molecule has 3 saturated carbocycles. The number of nitrogen functional groups attached to an aromatic ring is 1. The van der Waals surface area contributed by atoms with E-state index in [-0.39, 0.29) is 22.8 Å². The van der Waals surface area contributed by atoms with Gasteiger partial charge in [0.25, 0.3) is 0 Å². The summed E-state index contributed by atoms with van der Waals surface area (Å²) in [6.07, 6.45) is 1.75. The van der Waals surface area contributed by atoms with Gasteiger partial charge in [-0.3, -0.25) is 4.90 Å². The van der Waals surface area contributed by atoms with Crippen molar-refractivity contribution >= 4 is 5.82 Å². The number of pyridine rings is 1. The Bertz CT molecular complexity index is 978. The van der Waals surface area contributed by atoms with E-state index < -0.39 is 12.1 Å². The van der Waals surface area contributed by atoms with E-state index in [1.165, 1.54) is 12.3 Å². The van der Waals surface area contributed by atoms with E-state index in [1.807, 2.05) is 6.20 Å². The molecule has 3 heterocycles. The number of hydrogen-bond donors (Lipinski definition) is 1. The average Bonchev–Trinajstić information content (AvgIpc) is 3.07. The third-order valence-corrected chi connectivity index (χ3v) is 6.82. The van der Waals surface area contributed by atoms with Crippen LogP contribution in [0.4, 0.5) is 19.0 Å². The molecule has 0 aromatic carbocycles. The molecule has 0 amide bonds. The molecule has 7 nitrogen and oxygen atoms in total. The van der Waals surface area contributed by atoms with E-state index in [0.29, 0.717) is 11.3 Å². The van der Waals surface area contributed by atoms with Crippen LogP contribution in [0.1, 0.15) is 44.9 Å². The lowest BCUT2D eigenvalue weighted by Gasteiger charge is -2.74. The van der Waals surface area contributed by atoms with E-state index in [9.17, 15) is 13.2 Å². The molecule has 10 heteroatoms. The minimum atomic E-state index is -4.84. The van der Waals surface area contributed by atoms with Gasteiger partial charge in [-0.05, 0) is 25.3 Å². The van der Waals surface area contributed by atoms with Gasteiger partial charge in [-0.1, -0.05) is 13.8 Å². The lowest BCUT2D eigenvalue weighted by Crippen LogP contribution is -2.79. The van der Waals surface area contributed by atoms with Crippen molar-refractivity contribution in [3.8, 4) is 17.0 Å². The minimum Gasteiger partial charge on any atom is -0.402 e. The topological polar surface area (TPSA) is 78.4 Å². The molecule has 1 aliphatic heterocycles. The number of hydrogen-bond acceptors (Lipinski definition) is 6.